The Balaban J connectivity index is 1.56. The van der Waals surface area contributed by atoms with Crippen LogP contribution in [-0.4, -0.2) is 30.1 Å². The number of hydrogen-bond donors (Lipinski definition) is 3. The van der Waals surface area contributed by atoms with E-state index in [2.05, 4.69) is 70.1 Å². The summed E-state index contributed by atoms with van der Waals surface area (Å²) in [5, 5.41) is 11.9. The van der Waals surface area contributed by atoms with Gasteiger partial charge in [0.1, 0.15) is 5.01 Å². The third kappa shape index (κ3) is 5.53. The average Bonchev–Trinajstić information content (AvgIpc) is 3.32. The molecule has 1 aromatic heterocycles. The predicted octanol–water partition coefficient (Wildman–Crippen LogP) is 3.78. The summed E-state index contributed by atoms with van der Waals surface area (Å²) in [6.07, 6.45) is 6.86. The first-order valence-corrected chi connectivity index (χ1v) is 10.6. The molecule has 0 saturated heterocycles. The molecule has 1 aliphatic carbocycles. The number of nitrogens with one attached hydrogen (secondary N) is 3. The molecule has 1 unspecified atom stereocenters. The molecular weight excluding hydrogens is 354 g/mol. The number of aliphatic imine (C=N–C) groups is 1. The van der Waals surface area contributed by atoms with Crippen LogP contribution in [0, 0.1) is 6.92 Å². The minimum atomic E-state index is 0.116. The summed E-state index contributed by atoms with van der Waals surface area (Å²) in [5.41, 5.74) is 1.45. The molecule has 2 aromatic rings. The maximum absolute atomic E-state index is 4.41. The van der Waals surface area contributed by atoms with E-state index in [1.54, 1.807) is 11.3 Å². The Labute approximate surface area is 166 Å². The Kier molecular flexibility index (Phi) is 6.85. The monoisotopic (exact) mass is 385 g/mol. The van der Waals surface area contributed by atoms with Crippen LogP contribution in [0.5, 0.6) is 0 Å². The maximum atomic E-state index is 4.41. The summed E-state index contributed by atoms with van der Waals surface area (Å²) in [6, 6.07) is 11.0. The van der Waals surface area contributed by atoms with Gasteiger partial charge in [-0.25, -0.2) is 4.98 Å². The lowest BCUT2D eigenvalue weighted by Gasteiger charge is -2.34. The van der Waals surface area contributed by atoms with Crippen LogP contribution in [0.15, 0.2) is 41.5 Å². The minimum Gasteiger partial charge on any atom is -0.355 e. The number of hydrogen-bond acceptors (Lipinski definition) is 4. The molecule has 1 fully saturated rings. The average molecular weight is 386 g/mol. The standard InChI is InChI=1S/C21H31N5S/c1-16-13-23-19(27-16)14-24-20(22-3)25-15-21(11-7-8-12-21)26-17(2)18-9-5-4-6-10-18/h4-6,9-10,13,17,26H,7-8,11-12,14-15H2,1-3H3,(H2,22,24,25). The Morgan fingerprint density at radius 2 is 1.96 bits per heavy atom. The number of thiazole rings is 1. The Hall–Kier alpha value is -1.92. The molecule has 3 N–H and O–H groups in total. The summed E-state index contributed by atoms with van der Waals surface area (Å²) in [7, 11) is 1.82. The summed E-state index contributed by atoms with van der Waals surface area (Å²) in [4.78, 5) is 10.0. The highest BCUT2D eigenvalue weighted by Gasteiger charge is 2.35. The number of nitrogens with zero attached hydrogens (tertiary/aromatic N) is 2. The molecule has 1 heterocycles. The number of rotatable bonds is 7. The molecule has 6 heteroatoms. The van der Waals surface area contributed by atoms with Crippen LogP contribution >= 0.6 is 11.3 Å². The van der Waals surface area contributed by atoms with Gasteiger partial charge in [-0.15, -0.1) is 11.3 Å². The van der Waals surface area contributed by atoms with Gasteiger partial charge in [0.05, 0.1) is 6.54 Å². The zero-order valence-electron chi connectivity index (χ0n) is 16.6. The number of benzene rings is 1. The van der Waals surface area contributed by atoms with Crippen molar-refractivity contribution in [2.45, 2.75) is 57.7 Å². The first-order valence-electron chi connectivity index (χ1n) is 9.79. The van der Waals surface area contributed by atoms with Crippen molar-refractivity contribution < 1.29 is 0 Å². The van der Waals surface area contributed by atoms with Gasteiger partial charge >= 0.3 is 0 Å². The van der Waals surface area contributed by atoms with Gasteiger partial charge in [-0.2, -0.15) is 0 Å². The Morgan fingerprint density at radius 1 is 1.22 bits per heavy atom. The molecule has 0 bridgehead atoms. The highest BCUT2D eigenvalue weighted by Crippen LogP contribution is 2.31. The lowest BCUT2D eigenvalue weighted by molar-refractivity contribution is 0.297. The van der Waals surface area contributed by atoms with Crippen molar-refractivity contribution in [3.63, 3.8) is 0 Å². The van der Waals surface area contributed by atoms with Crippen LogP contribution in [0.1, 0.15) is 54.1 Å². The topological polar surface area (TPSA) is 61.3 Å². The van der Waals surface area contributed by atoms with E-state index in [1.807, 2.05) is 13.2 Å². The zero-order valence-corrected chi connectivity index (χ0v) is 17.4. The van der Waals surface area contributed by atoms with Crippen molar-refractivity contribution >= 4 is 17.3 Å². The smallest absolute Gasteiger partial charge is 0.191 e. The van der Waals surface area contributed by atoms with Crippen LogP contribution in [0.2, 0.25) is 0 Å². The predicted molar refractivity (Wildman–Crippen MR) is 114 cm³/mol. The molecule has 1 aliphatic rings. The van der Waals surface area contributed by atoms with Gasteiger partial charge in [-0.3, -0.25) is 4.99 Å². The molecule has 27 heavy (non-hydrogen) atoms. The fraction of sp³-hybridized carbons (Fsp3) is 0.524. The highest BCUT2D eigenvalue weighted by molar-refractivity contribution is 7.11. The van der Waals surface area contributed by atoms with Crippen molar-refractivity contribution in [2.75, 3.05) is 13.6 Å². The lowest BCUT2D eigenvalue weighted by atomic mass is 9.94. The van der Waals surface area contributed by atoms with Gasteiger partial charge in [-0.05, 0) is 32.3 Å². The molecule has 1 atom stereocenters. The van der Waals surface area contributed by atoms with E-state index < -0.39 is 0 Å². The van der Waals surface area contributed by atoms with E-state index in [4.69, 9.17) is 0 Å². The van der Waals surface area contributed by atoms with E-state index in [0.29, 0.717) is 12.6 Å². The van der Waals surface area contributed by atoms with E-state index in [-0.39, 0.29) is 5.54 Å². The van der Waals surface area contributed by atoms with Gasteiger partial charge in [0.2, 0.25) is 0 Å². The quantitative estimate of drug-likeness (QED) is 0.501. The molecular formula is C21H31N5S. The van der Waals surface area contributed by atoms with Crippen molar-refractivity contribution in [3.05, 3.63) is 52.0 Å². The SMILES string of the molecule is CN=C(NCc1ncc(C)s1)NCC1(NC(C)c2ccccc2)CCCC1. The summed E-state index contributed by atoms with van der Waals surface area (Å²) in [6.45, 7) is 5.92. The van der Waals surface area contributed by atoms with E-state index >= 15 is 0 Å². The fourth-order valence-corrected chi connectivity index (χ4v) is 4.55. The molecule has 0 spiro atoms. The van der Waals surface area contributed by atoms with Gasteiger partial charge in [-0.1, -0.05) is 43.2 Å². The second-order valence-corrected chi connectivity index (χ2v) is 8.73. The van der Waals surface area contributed by atoms with Crippen LogP contribution in [-0.2, 0) is 6.54 Å². The van der Waals surface area contributed by atoms with Crippen LogP contribution in [0.4, 0.5) is 0 Å². The molecule has 5 nitrogen and oxygen atoms in total. The molecule has 3 rings (SSSR count). The second kappa shape index (κ2) is 9.33. The normalized spacial score (nSPS) is 17.7. The third-order valence-corrected chi connectivity index (χ3v) is 6.19. The van der Waals surface area contributed by atoms with Crippen LogP contribution < -0.4 is 16.0 Å². The Morgan fingerprint density at radius 3 is 2.59 bits per heavy atom. The first-order chi connectivity index (χ1) is 13.1. The van der Waals surface area contributed by atoms with Crippen LogP contribution in [0.3, 0.4) is 0 Å². The Bertz CT molecular complexity index is 734. The molecule has 0 radical (unpaired) electrons. The number of aryl methyl sites for hydroxylation is 1. The summed E-state index contributed by atoms with van der Waals surface area (Å²) >= 11 is 1.72. The van der Waals surface area contributed by atoms with Gasteiger partial charge in [0.15, 0.2) is 5.96 Å². The van der Waals surface area contributed by atoms with E-state index in [9.17, 15) is 0 Å². The first kappa shape index (κ1) is 19.8. The molecule has 0 aliphatic heterocycles. The van der Waals surface area contributed by atoms with E-state index in [1.165, 1.54) is 36.1 Å². The second-order valence-electron chi connectivity index (χ2n) is 7.41. The van der Waals surface area contributed by atoms with Crippen molar-refractivity contribution in [2.24, 2.45) is 4.99 Å². The van der Waals surface area contributed by atoms with Crippen molar-refractivity contribution in [1.82, 2.24) is 20.9 Å². The maximum Gasteiger partial charge on any atom is 0.191 e. The molecule has 0 amide bonds. The van der Waals surface area contributed by atoms with Gasteiger partial charge in [0.25, 0.3) is 0 Å². The van der Waals surface area contributed by atoms with E-state index in [0.717, 1.165) is 17.5 Å². The fourth-order valence-electron chi connectivity index (χ4n) is 3.82. The van der Waals surface area contributed by atoms with Gasteiger partial charge in [0, 0.05) is 36.2 Å². The molecule has 146 valence electrons. The van der Waals surface area contributed by atoms with Crippen LogP contribution in [0.25, 0.3) is 0 Å². The third-order valence-electron chi connectivity index (χ3n) is 5.28. The summed E-state index contributed by atoms with van der Waals surface area (Å²) < 4.78 is 0. The van der Waals surface area contributed by atoms with Crippen molar-refractivity contribution in [1.29, 1.82) is 0 Å². The molecule has 1 aromatic carbocycles. The van der Waals surface area contributed by atoms with Crippen molar-refractivity contribution in [3.8, 4) is 0 Å². The highest BCUT2D eigenvalue weighted by atomic mass is 32.1. The number of aromatic nitrogens is 1. The zero-order chi connectivity index (χ0) is 19.1. The molecule has 1 saturated carbocycles. The largest absolute Gasteiger partial charge is 0.355 e. The van der Waals surface area contributed by atoms with Gasteiger partial charge < -0.3 is 16.0 Å². The number of guanidine groups is 1. The minimum absolute atomic E-state index is 0.116. The lowest BCUT2D eigenvalue weighted by Crippen LogP contribution is -2.54. The summed E-state index contributed by atoms with van der Waals surface area (Å²) in [5.74, 6) is 0.836.